The van der Waals surface area contributed by atoms with Crippen LogP contribution in [0.25, 0.3) is 0 Å². The van der Waals surface area contributed by atoms with Gasteiger partial charge in [0.15, 0.2) is 0 Å². The molecule has 0 aromatic carbocycles. The molecule has 4 heteroatoms. The number of aromatic nitrogens is 1. The third-order valence-corrected chi connectivity index (χ3v) is 2.91. The lowest BCUT2D eigenvalue weighted by molar-refractivity contribution is 0.199. The molecule has 2 N–H and O–H groups in total. The number of nitrogens with zero attached hydrogens (tertiary/aromatic N) is 2. The van der Waals surface area contributed by atoms with Gasteiger partial charge in [0.2, 0.25) is 0 Å². The van der Waals surface area contributed by atoms with Gasteiger partial charge in [0.1, 0.15) is 5.15 Å². The molecule has 1 aliphatic heterocycles. The molecule has 2 rings (SSSR count). The predicted octanol–water partition coefficient (Wildman–Crippen LogP) is 1.66. The highest BCUT2D eigenvalue weighted by atomic mass is 35.5. The van der Waals surface area contributed by atoms with Gasteiger partial charge in [-0.15, -0.1) is 0 Å². The summed E-state index contributed by atoms with van der Waals surface area (Å²) in [6.07, 6.45) is 2.32. The van der Waals surface area contributed by atoms with Crippen molar-refractivity contribution in [3.05, 3.63) is 29.0 Å². The van der Waals surface area contributed by atoms with Crippen LogP contribution in [0, 0.1) is 0 Å². The van der Waals surface area contributed by atoms with Gasteiger partial charge >= 0.3 is 0 Å². The van der Waals surface area contributed by atoms with Crippen LogP contribution in [0.15, 0.2) is 18.2 Å². The number of hydrogen-bond acceptors (Lipinski definition) is 3. The first-order valence-corrected chi connectivity index (χ1v) is 5.71. The van der Waals surface area contributed by atoms with E-state index in [4.69, 9.17) is 17.3 Å². The highest BCUT2D eigenvalue weighted by Crippen LogP contribution is 2.12. The van der Waals surface area contributed by atoms with Crippen LogP contribution in [0.5, 0.6) is 0 Å². The lowest BCUT2D eigenvalue weighted by atomic mass is 10.1. The summed E-state index contributed by atoms with van der Waals surface area (Å²) in [6, 6.07) is 6.06. The summed E-state index contributed by atoms with van der Waals surface area (Å²) >= 11 is 5.84. The van der Waals surface area contributed by atoms with Gasteiger partial charge in [0.05, 0.1) is 5.69 Å². The van der Waals surface area contributed by atoms with E-state index in [1.54, 1.807) is 6.07 Å². The van der Waals surface area contributed by atoms with E-state index in [-0.39, 0.29) is 0 Å². The van der Waals surface area contributed by atoms with Gasteiger partial charge in [-0.05, 0) is 31.5 Å². The topological polar surface area (TPSA) is 42.1 Å². The first-order chi connectivity index (χ1) is 7.24. The zero-order valence-electron chi connectivity index (χ0n) is 8.69. The van der Waals surface area contributed by atoms with E-state index in [9.17, 15) is 0 Å². The quantitative estimate of drug-likeness (QED) is 0.779. The predicted molar refractivity (Wildman–Crippen MR) is 61.7 cm³/mol. The lowest BCUT2D eigenvalue weighted by Gasteiger charge is -2.30. The Morgan fingerprint density at radius 1 is 1.53 bits per heavy atom. The van der Waals surface area contributed by atoms with Crippen molar-refractivity contribution in [1.29, 1.82) is 0 Å². The van der Waals surface area contributed by atoms with Crippen LogP contribution in [0.1, 0.15) is 18.5 Å². The minimum Gasteiger partial charge on any atom is -0.327 e. The summed E-state index contributed by atoms with van der Waals surface area (Å²) < 4.78 is 0. The second-order valence-electron chi connectivity index (χ2n) is 4.09. The van der Waals surface area contributed by atoms with Crippen LogP contribution in [0.2, 0.25) is 5.15 Å². The molecule has 0 aliphatic carbocycles. The van der Waals surface area contributed by atoms with E-state index in [2.05, 4.69) is 9.88 Å². The summed E-state index contributed by atoms with van der Waals surface area (Å²) in [5, 5.41) is 0.564. The summed E-state index contributed by atoms with van der Waals surface area (Å²) in [6.45, 7) is 2.93. The number of nitrogens with two attached hydrogens (primary N) is 1. The molecular weight excluding hydrogens is 210 g/mol. The molecule has 1 aromatic heterocycles. The maximum absolute atomic E-state index is 5.92. The highest BCUT2D eigenvalue weighted by Gasteiger charge is 2.16. The second-order valence-corrected chi connectivity index (χ2v) is 4.48. The lowest BCUT2D eigenvalue weighted by Crippen LogP contribution is -2.42. The van der Waals surface area contributed by atoms with Crippen LogP contribution in [0.3, 0.4) is 0 Å². The molecule has 0 radical (unpaired) electrons. The normalized spacial score (nSPS) is 22.9. The SMILES string of the molecule is N[C@@H]1CCCN(Cc2cccc(Cl)n2)C1. The van der Waals surface area contributed by atoms with Gasteiger partial charge in [0, 0.05) is 19.1 Å². The van der Waals surface area contributed by atoms with Gasteiger partial charge < -0.3 is 5.73 Å². The van der Waals surface area contributed by atoms with E-state index in [0.717, 1.165) is 31.7 Å². The van der Waals surface area contributed by atoms with Crippen molar-refractivity contribution in [2.45, 2.75) is 25.4 Å². The Kier molecular flexibility index (Phi) is 3.57. The fraction of sp³-hybridized carbons (Fsp3) is 0.545. The van der Waals surface area contributed by atoms with E-state index < -0.39 is 0 Å². The van der Waals surface area contributed by atoms with Crippen LogP contribution < -0.4 is 5.73 Å². The fourth-order valence-electron chi connectivity index (χ4n) is 2.00. The Morgan fingerprint density at radius 3 is 3.13 bits per heavy atom. The van der Waals surface area contributed by atoms with Gasteiger partial charge in [-0.3, -0.25) is 4.90 Å². The monoisotopic (exact) mass is 225 g/mol. The number of hydrogen-bond donors (Lipinski definition) is 1. The molecule has 1 atom stereocenters. The van der Waals surface area contributed by atoms with Crippen molar-refractivity contribution >= 4 is 11.6 Å². The zero-order valence-corrected chi connectivity index (χ0v) is 9.45. The Balaban J connectivity index is 1.96. The first kappa shape index (κ1) is 10.9. The van der Waals surface area contributed by atoms with E-state index >= 15 is 0 Å². The minimum atomic E-state index is 0.318. The van der Waals surface area contributed by atoms with Crippen molar-refractivity contribution in [2.24, 2.45) is 5.73 Å². The van der Waals surface area contributed by atoms with Crippen LogP contribution >= 0.6 is 11.6 Å². The number of halogens is 1. The largest absolute Gasteiger partial charge is 0.327 e. The minimum absolute atomic E-state index is 0.318. The van der Waals surface area contributed by atoms with Gasteiger partial charge in [-0.1, -0.05) is 17.7 Å². The summed E-state index contributed by atoms with van der Waals surface area (Å²) in [5.74, 6) is 0. The molecule has 3 nitrogen and oxygen atoms in total. The number of likely N-dealkylation sites (tertiary alicyclic amines) is 1. The van der Waals surface area contributed by atoms with Gasteiger partial charge in [0.25, 0.3) is 0 Å². The van der Waals surface area contributed by atoms with Crippen molar-refractivity contribution in [2.75, 3.05) is 13.1 Å². The number of pyridine rings is 1. The summed E-state index contributed by atoms with van der Waals surface area (Å²) in [7, 11) is 0. The van der Waals surface area contributed by atoms with Crippen molar-refractivity contribution in [3.63, 3.8) is 0 Å². The Hall–Kier alpha value is -0.640. The molecule has 15 heavy (non-hydrogen) atoms. The second kappa shape index (κ2) is 4.92. The molecule has 0 bridgehead atoms. The average molecular weight is 226 g/mol. The zero-order chi connectivity index (χ0) is 10.7. The molecule has 1 aliphatic rings. The Labute approximate surface area is 95.2 Å². The fourth-order valence-corrected chi connectivity index (χ4v) is 2.18. The Morgan fingerprint density at radius 2 is 2.40 bits per heavy atom. The molecule has 1 saturated heterocycles. The molecule has 1 aromatic rings. The van der Waals surface area contributed by atoms with Crippen molar-refractivity contribution < 1.29 is 0 Å². The molecular formula is C11H16ClN3. The molecule has 82 valence electrons. The van der Waals surface area contributed by atoms with Gasteiger partial charge in [-0.2, -0.15) is 0 Å². The molecule has 0 saturated carbocycles. The standard InChI is InChI=1S/C11H16ClN3/c12-11-5-1-4-10(14-11)8-15-6-2-3-9(13)7-15/h1,4-5,9H,2-3,6-8,13H2/t9-/m1/s1. The third kappa shape index (κ3) is 3.16. The van der Waals surface area contributed by atoms with Crippen LogP contribution in [-0.4, -0.2) is 29.0 Å². The average Bonchev–Trinajstić information content (AvgIpc) is 2.17. The highest BCUT2D eigenvalue weighted by molar-refractivity contribution is 6.29. The third-order valence-electron chi connectivity index (χ3n) is 2.70. The number of rotatable bonds is 2. The van der Waals surface area contributed by atoms with Crippen molar-refractivity contribution in [1.82, 2.24) is 9.88 Å². The first-order valence-electron chi connectivity index (χ1n) is 5.33. The summed E-state index contributed by atoms with van der Waals surface area (Å²) in [4.78, 5) is 6.62. The molecule has 0 unspecified atom stereocenters. The maximum Gasteiger partial charge on any atom is 0.129 e. The number of piperidine rings is 1. The maximum atomic E-state index is 5.92. The van der Waals surface area contributed by atoms with Gasteiger partial charge in [-0.25, -0.2) is 4.98 Å². The molecule has 1 fully saturated rings. The van der Waals surface area contributed by atoms with E-state index in [1.165, 1.54) is 6.42 Å². The molecule has 0 amide bonds. The van der Waals surface area contributed by atoms with Crippen molar-refractivity contribution in [3.8, 4) is 0 Å². The summed E-state index contributed by atoms with van der Waals surface area (Å²) in [5.41, 5.74) is 6.95. The van der Waals surface area contributed by atoms with Crippen LogP contribution in [-0.2, 0) is 6.54 Å². The van der Waals surface area contributed by atoms with E-state index in [1.807, 2.05) is 12.1 Å². The molecule has 0 spiro atoms. The Bertz CT molecular complexity index is 329. The van der Waals surface area contributed by atoms with E-state index in [0.29, 0.717) is 11.2 Å². The molecule has 2 heterocycles. The van der Waals surface area contributed by atoms with Crippen LogP contribution in [0.4, 0.5) is 0 Å². The smallest absolute Gasteiger partial charge is 0.129 e.